The van der Waals surface area contributed by atoms with E-state index in [1.54, 1.807) is 22.3 Å². The van der Waals surface area contributed by atoms with Gasteiger partial charge < -0.3 is 14.6 Å². The Balaban J connectivity index is 2.07. The average Bonchev–Trinajstić information content (AvgIpc) is 3.21. The number of amides is 1. The van der Waals surface area contributed by atoms with Crippen molar-refractivity contribution < 1.29 is 9.90 Å². The molecule has 0 spiro atoms. The maximum absolute atomic E-state index is 13.1. The molecule has 122 valence electrons. The maximum atomic E-state index is 13.1. The molecule has 0 saturated heterocycles. The lowest BCUT2D eigenvalue weighted by Gasteiger charge is -2.22. The number of rotatable bonds is 6. The van der Waals surface area contributed by atoms with E-state index in [1.807, 2.05) is 40.9 Å². The highest BCUT2D eigenvalue weighted by atomic mass is 32.2. The second kappa shape index (κ2) is 7.38. The highest BCUT2D eigenvalue weighted by Crippen LogP contribution is 2.38. The Labute approximate surface area is 144 Å². The molecule has 1 N–H and O–H groups in total. The van der Waals surface area contributed by atoms with Crippen LogP contribution in [0.5, 0.6) is 0 Å². The summed E-state index contributed by atoms with van der Waals surface area (Å²) in [6, 6.07) is 3.94. The van der Waals surface area contributed by atoms with Gasteiger partial charge in [-0.15, -0.1) is 17.9 Å². The molecule has 2 aromatic heterocycles. The quantitative estimate of drug-likeness (QED) is 0.817. The van der Waals surface area contributed by atoms with Gasteiger partial charge in [0.1, 0.15) is 5.00 Å². The molecule has 2 aromatic rings. The molecule has 0 fully saturated rings. The third-order valence-electron chi connectivity index (χ3n) is 3.86. The van der Waals surface area contributed by atoms with Gasteiger partial charge in [-0.2, -0.15) is 11.8 Å². The van der Waals surface area contributed by atoms with E-state index in [0.717, 1.165) is 28.5 Å². The van der Waals surface area contributed by atoms with E-state index in [4.69, 9.17) is 0 Å². The minimum absolute atomic E-state index is 0.00736. The summed E-state index contributed by atoms with van der Waals surface area (Å²) in [5.74, 6) is 2.02. The van der Waals surface area contributed by atoms with E-state index in [-0.39, 0.29) is 12.5 Å². The fraction of sp³-hybridized carbons (Fsp3) is 0.353. The molecule has 0 atom stereocenters. The average molecular weight is 348 g/mol. The van der Waals surface area contributed by atoms with E-state index in [0.29, 0.717) is 13.1 Å². The zero-order chi connectivity index (χ0) is 16.2. The molecule has 3 heterocycles. The number of hydrogen-bond acceptors (Lipinski definition) is 4. The zero-order valence-corrected chi connectivity index (χ0v) is 14.5. The number of aromatic nitrogens is 1. The van der Waals surface area contributed by atoms with Gasteiger partial charge in [-0.05, 0) is 29.9 Å². The van der Waals surface area contributed by atoms with Crippen molar-refractivity contribution in [3.05, 3.63) is 53.2 Å². The van der Waals surface area contributed by atoms with Gasteiger partial charge in [-0.25, -0.2) is 0 Å². The summed E-state index contributed by atoms with van der Waals surface area (Å²) in [5.41, 5.74) is 1.99. The topological polar surface area (TPSA) is 45.5 Å². The number of fused-ring (bicyclic) bond motifs is 1. The second-order valence-electron chi connectivity index (χ2n) is 5.34. The van der Waals surface area contributed by atoms with Crippen LogP contribution in [0.4, 0.5) is 0 Å². The summed E-state index contributed by atoms with van der Waals surface area (Å²) in [7, 11) is 0. The van der Waals surface area contributed by atoms with Crippen LogP contribution in [0.25, 0.3) is 5.00 Å². The van der Waals surface area contributed by atoms with Gasteiger partial charge in [0, 0.05) is 36.1 Å². The third-order valence-corrected chi connectivity index (χ3v) is 6.27. The molecular weight excluding hydrogens is 328 g/mol. The van der Waals surface area contributed by atoms with E-state index in [1.165, 1.54) is 10.4 Å². The van der Waals surface area contributed by atoms with E-state index < -0.39 is 0 Å². The Bertz CT molecular complexity index is 692. The van der Waals surface area contributed by atoms with Crippen LogP contribution in [-0.2, 0) is 12.2 Å². The molecule has 1 amide bonds. The molecule has 4 nitrogen and oxygen atoms in total. The number of hydrogen-bond donors (Lipinski definition) is 1. The highest BCUT2D eigenvalue weighted by molar-refractivity contribution is 7.98. The van der Waals surface area contributed by atoms with Crippen LogP contribution < -0.4 is 0 Å². The third kappa shape index (κ3) is 3.24. The van der Waals surface area contributed by atoms with Gasteiger partial charge in [0.15, 0.2) is 0 Å². The predicted molar refractivity (Wildman–Crippen MR) is 96.7 cm³/mol. The summed E-state index contributed by atoms with van der Waals surface area (Å²) in [4.78, 5) is 16.1. The molecule has 0 aliphatic carbocycles. The first-order valence-corrected chi connectivity index (χ1v) is 9.60. The first-order chi connectivity index (χ1) is 11.3. The molecule has 1 aliphatic heterocycles. The molecule has 0 aromatic carbocycles. The van der Waals surface area contributed by atoms with Gasteiger partial charge in [0.25, 0.3) is 5.91 Å². The van der Waals surface area contributed by atoms with Crippen LogP contribution in [-0.4, -0.2) is 45.9 Å². The lowest BCUT2D eigenvalue weighted by molar-refractivity contribution is 0.0742. The van der Waals surface area contributed by atoms with Crippen LogP contribution >= 0.6 is 23.1 Å². The fourth-order valence-corrected chi connectivity index (χ4v) is 5.24. The lowest BCUT2D eigenvalue weighted by Crippen LogP contribution is -2.34. The van der Waals surface area contributed by atoms with Gasteiger partial charge >= 0.3 is 0 Å². The Morgan fingerprint density at radius 1 is 1.43 bits per heavy atom. The molecule has 6 heteroatoms. The number of thioether (sulfide) groups is 1. The van der Waals surface area contributed by atoms with Gasteiger partial charge in [-0.3, -0.25) is 4.79 Å². The predicted octanol–water partition coefficient (Wildman–Crippen LogP) is 2.95. The summed E-state index contributed by atoms with van der Waals surface area (Å²) in [6.45, 7) is 4.46. The first kappa shape index (κ1) is 16.4. The highest BCUT2D eigenvalue weighted by Gasteiger charge is 2.28. The van der Waals surface area contributed by atoms with Crippen LogP contribution in [0.3, 0.4) is 0 Å². The number of carbonyl (C=O) groups is 1. The molecule has 0 saturated carbocycles. The summed E-state index contributed by atoms with van der Waals surface area (Å²) >= 11 is 3.63. The van der Waals surface area contributed by atoms with Crippen LogP contribution in [0.1, 0.15) is 20.8 Å². The number of thiophene rings is 1. The van der Waals surface area contributed by atoms with Crippen LogP contribution in [0.15, 0.2) is 37.2 Å². The number of nitrogens with zero attached hydrogens (tertiary/aromatic N) is 2. The normalized spacial score (nSPS) is 13.6. The van der Waals surface area contributed by atoms with Crippen molar-refractivity contribution in [2.24, 2.45) is 0 Å². The Hall–Kier alpha value is -1.50. The summed E-state index contributed by atoms with van der Waals surface area (Å²) < 4.78 is 2.02. The molecule has 23 heavy (non-hydrogen) atoms. The fourth-order valence-electron chi connectivity index (χ4n) is 2.80. The number of carbonyl (C=O) groups excluding carboxylic acids is 1. The van der Waals surface area contributed by atoms with Gasteiger partial charge in [0.05, 0.1) is 12.2 Å². The largest absolute Gasteiger partial charge is 0.395 e. The molecule has 0 bridgehead atoms. The van der Waals surface area contributed by atoms with Crippen molar-refractivity contribution >= 4 is 29.0 Å². The smallest absolute Gasteiger partial charge is 0.257 e. The van der Waals surface area contributed by atoms with Crippen molar-refractivity contribution in [1.29, 1.82) is 0 Å². The molecule has 0 radical (unpaired) electrons. The Morgan fingerprint density at radius 3 is 2.91 bits per heavy atom. The molecule has 0 unspecified atom stereocenters. The Kier molecular flexibility index (Phi) is 5.25. The van der Waals surface area contributed by atoms with Crippen molar-refractivity contribution in [2.75, 3.05) is 25.4 Å². The SMILES string of the molecule is C=CCN(CCO)C(=O)c1c(-n2cccc2)sc2c1CCSC2. The van der Waals surface area contributed by atoms with Gasteiger partial charge in [0.2, 0.25) is 0 Å². The zero-order valence-electron chi connectivity index (χ0n) is 12.9. The summed E-state index contributed by atoms with van der Waals surface area (Å²) in [5, 5.41) is 10.3. The van der Waals surface area contributed by atoms with E-state index in [2.05, 4.69) is 6.58 Å². The molecular formula is C17H20N2O2S2. The molecule has 1 aliphatic rings. The van der Waals surface area contributed by atoms with Crippen molar-refractivity contribution in [1.82, 2.24) is 9.47 Å². The maximum Gasteiger partial charge on any atom is 0.257 e. The molecule has 3 rings (SSSR count). The summed E-state index contributed by atoms with van der Waals surface area (Å²) in [6.07, 6.45) is 6.59. The second-order valence-corrected chi connectivity index (χ2v) is 7.53. The van der Waals surface area contributed by atoms with Crippen molar-refractivity contribution in [2.45, 2.75) is 12.2 Å². The van der Waals surface area contributed by atoms with E-state index >= 15 is 0 Å². The van der Waals surface area contributed by atoms with Crippen molar-refractivity contribution in [3.63, 3.8) is 0 Å². The number of aliphatic hydroxyl groups is 1. The minimum Gasteiger partial charge on any atom is -0.395 e. The lowest BCUT2D eigenvalue weighted by atomic mass is 10.1. The van der Waals surface area contributed by atoms with E-state index in [9.17, 15) is 9.90 Å². The minimum atomic E-state index is -0.0411. The van der Waals surface area contributed by atoms with Gasteiger partial charge in [-0.1, -0.05) is 6.08 Å². The number of aliphatic hydroxyl groups excluding tert-OH is 1. The Morgan fingerprint density at radius 2 is 2.22 bits per heavy atom. The van der Waals surface area contributed by atoms with Crippen LogP contribution in [0.2, 0.25) is 0 Å². The first-order valence-electron chi connectivity index (χ1n) is 7.63. The standard InChI is InChI=1S/C17H20N2O2S2/c1-2-6-18(9-10-20)16(21)15-13-5-11-22-12-14(13)23-17(15)19-7-3-4-8-19/h2-4,7-8,20H,1,5-6,9-12H2. The van der Waals surface area contributed by atoms with Crippen LogP contribution in [0, 0.1) is 0 Å². The monoisotopic (exact) mass is 348 g/mol. The van der Waals surface area contributed by atoms with Crippen molar-refractivity contribution in [3.8, 4) is 5.00 Å².